The second kappa shape index (κ2) is 8.32. The van der Waals surface area contributed by atoms with Crippen molar-refractivity contribution in [2.24, 2.45) is 5.73 Å². The van der Waals surface area contributed by atoms with Crippen LogP contribution in [0.3, 0.4) is 0 Å². The summed E-state index contributed by atoms with van der Waals surface area (Å²) in [5, 5.41) is 17.3. The molecule has 0 saturated heterocycles. The van der Waals surface area contributed by atoms with Crippen LogP contribution in [0, 0.1) is 11.3 Å². The summed E-state index contributed by atoms with van der Waals surface area (Å²) in [5.41, 5.74) is 9.36. The van der Waals surface area contributed by atoms with Gasteiger partial charge in [0.1, 0.15) is 28.9 Å². The van der Waals surface area contributed by atoms with E-state index in [1.807, 2.05) is 37.3 Å². The predicted molar refractivity (Wildman–Crippen MR) is 114 cm³/mol. The molecule has 1 atom stereocenters. The number of ether oxygens (including phenoxy) is 4. The van der Waals surface area contributed by atoms with Crippen molar-refractivity contribution >= 4 is 0 Å². The number of methoxy groups -OCH3 is 2. The van der Waals surface area contributed by atoms with Crippen molar-refractivity contribution in [3.63, 3.8) is 0 Å². The van der Waals surface area contributed by atoms with Crippen LogP contribution in [-0.4, -0.2) is 31.0 Å². The highest BCUT2D eigenvalue weighted by Crippen LogP contribution is 2.48. The topological polar surface area (TPSA) is 115 Å². The lowest BCUT2D eigenvalue weighted by atomic mass is 9.82. The summed E-state index contributed by atoms with van der Waals surface area (Å²) >= 11 is 0. The van der Waals surface area contributed by atoms with Crippen LogP contribution in [0.5, 0.6) is 23.1 Å². The normalized spacial score (nSPS) is 15.0. The summed E-state index contributed by atoms with van der Waals surface area (Å²) in [4.78, 5) is 0. The number of aromatic amines is 1. The third-order valence-corrected chi connectivity index (χ3v) is 5.14. The first-order chi connectivity index (χ1) is 15.1. The lowest BCUT2D eigenvalue weighted by molar-refractivity contribution is 0.340. The zero-order valence-electron chi connectivity index (χ0n) is 17.4. The highest BCUT2D eigenvalue weighted by molar-refractivity contribution is 5.72. The van der Waals surface area contributed by atoms with E-state index in [9.17, 15) is 5.26 Å². The number of rotatable bonds is 6. The Hall–Kier alpha value is -4.12. The van der Waals surface area contributed by atoms with E-state index in [1.54, 1.807) is 26.4 Å². The number of H-pyrrole nitrogens is 1. The van der Waals surface area contributed by atoms with Crippen LogP contribution in [0.2, 0.25) is 0 Å². The molecule has 31 heavy (non-hydrogen) atoms. The lowest BCUT2D eigenvalue weighted by Gasteiger charge is -2.25. The number of benzene rings is 2. The van der Waals surface area contributed by atoms with Crippen molar-refractivity contribution < 1.29 is 18.9 Å². The molecule has 0 fully saturated rings. The first-order valence-electron chi connectivity index (χ1n) is 9.72. The summed E-state index contributed by atoms with van der Waals surface area (Å²) in [6.07, 6.45) is 0. The second-order valence-electron chi connectivity index (χ2n) is 6.81. The molecule has 0 radical (unpaired) electrons. The van der Waals surface area contributed by atoms with Gasteiger partial charge >= 0.3 is 0 Å². The third-order valence-electron chi connectivity index (χ3n) is 5.14. The van der Waals surface area contributed by atoms with Crippen molar-refractivity contribution in [2.75, 3.05) is 20.8 Å². The van der Waals surface area contributed by atoms with E-state index >= 15 is 0 Å². The number of nitrogens with one attached hydrogen (secondary N) is 1. The van der Waals surface area contributed by atoms with E-state index in [-0.39, 0.29) is 11.5 Å². The maximum absolute atomic E-state index is 9.92. The Morgan fingerprint density at radius 1 is 1.13 bits per heavy atom. The standard InChI is InChI=1S/C23H22N4O4/c1-4-30-14-7-5-13(6-8-14)21-20-19(16-11-15(28-2)9-10-18(16)29-3)17(12-24)22(25)31-23(20)27-26-21/h5-11,19H,4,25H2,1-3H3,(H,26,27)/t19-/m0/s1. The minimum atomic E-state index is -0.556. The molecule has 0 amide bonds. The van der Waals surface area contributed by atoms with Gasteiger partial charge in [0.15, 0.2) is 0 Å². The van der Waals surface area contributed by atoms with Gasteiger partial charge in [-0.2, -0.15) is 5.26 Å². The van der Waals surface area contributed by atoms with Gasteiger partial charge in [0.25, 0.3) is 0 Å². The highest BCUT2D eigenvalue weighted by Gasteiger charge is 2.37. The molecule has 0 spiro atoms. The third kappa shape index (κ3) is 3.51. The van der Waals surface area contributed by atoms with Crippen molar-refractivity contribution in [2.45, 2.75) is 12.8 Å². The van der Waals surface area contributed by atoms with Crippen LogP contribution >= 0.6 is 0 Å². The summed E-state index contributed by atoms with van der Waals surface area (Å²) in [7, 11) is 3.16. The monoisotopic (exact) mass is 418 g/mol. The quantitative estimate of drug-likeness (QED) is 0.627. The Labute approximate surface area is 179 Å². The molecule has 0 bridgehead atoms. The van der Waals surface area contributed by atoms with Crippen molar-refractivity contribution in [3.8, 4) is 40.5 Å². The summed E-state index contributed by atoms with van der Waals surface area (Å²) in [6.45, 7) is 2.52. The first-order valence-corrected chi connectivity index (χ1v) is 9.72. The molecule has 2 heterocycles. The molecule has 0 saturated carbocycles. The Morgan fingerprint density at radius 3 is 2.52 bits per heavy atom. The van der Waals surface area contributed by atoms with Gasteiger partial charge in [-0.05, 0) is 49.4 Å². The molecule has 3 N–H and O–H groups in total. The number of nitrogens with two attached hydrogens (primary N) is 1. The Balaban J connectivity index is 1.92. The number of hydrogen-bond acceptors (Lipinski definition) is 7. The van der Waals surface area contributed by atoms with Gasteiger partial charge in [0, 0.05) is 11.1 Å². The van der Waals surface area contributed by atoms with Gasteiger partial charge in [-0.1, -0.05) is 0 Å². The summed E-state index contributed by atoms with van der Waals surface area (Å²) < 4.78 is 22.2. The average Bonchev–Trinajstić information content (AvgIpc) is 3.21. The fourth-order valence-corrected chi connectivity index (χ4v) is 3.73. The zero-order chi connectivity index (χ0) is 22.0. The van der Waals surface area contributed by atoms with Crippen LogP contribution in [0.1, 0.15) is 24.0 Å². The molecule has 158 valence electrons. The molecule has 0 unspecified atom stereocenters. The molecule has 1 aliphatic rings. The Bertz CT molecular complexity index is 1180. The maximum Gasteiger partial charge on any atom is 0.244 e. The molecular weight excluding hydrogens is 396 g/mol. The number of hydrogen-bond donors (Lipinski definition) is 2. The molecule has 1 aromatic heterocycles. The average molecular weight is 418 g/mol. The van der Waals surface area contributed by atoms with Gasteiger partial charge in [-0.15, -0.1) is 5.10 Å². The minimum Gasteiger partial charge on any atom is -0.497 e. The Morgan fingerprint density at radius 2 is 1.87 bits per heavy atom. The summed E-state index contributed by atoms with van der Waals surface area (Å²) in [5.74, 6) is 1.76. The summed E-state index contributed by atoms with van der Waals surface area (Å²) in [6, 6.07) is 15.2. The van der Waals surface area contributed by atoms with E-state index in [1.165, 1.54) is 0 Å². The van der Waals surface area contributed by atoms with Crippen LogP contribution in [0.4, 0.5) is 0 Å². The van der Waals surface area contributed by atoms with Crippen molar-refractivity contribution in [1.29, 1.82) is 5.26 Å². The molecule has 0 aliphatic carbocycles. The molecule has 8 heteroatoms. The highest BCUT2D eigenvalue weighted by atomic mass is 16.5. The first kappa shape index (κ1) is 20.2. The Kier molecular flexibility index (Phi) is 5.41. The van der Waals surface area contributed by atoms with Crippen LogP contribution < -0.4 is 24.7 Å². The van der Waals surface area contributed by atoms with Crippen molar-refractivity contribution in [3.05, 3.63) is 65.0 Å². The van der Waals surface area contributed by atoms with Gasteiger partial charge in [-0.25, -0.2) is 0 Å². The van der Waals surface area contributed by atoms with Crippen LogP contribution in [0.25, 0.3) is 11.3 Å². The van der Waals surface area contributed by atoms with E-state index in [0.717, 1.165) is 16.9 Å². The maximum atomic E-state index is 9.92. The number of fused-ring (bicyclic) bond motifs is 1. The largest absolute Gasteiger partial charge is 0.497 e. The molecule has 8 nitrogen and oxygen atoms in total. The van der Waals surface area contributed by atoms with E-state index in [2.05, 4.69) is 16.3 Å². The fraction of sp³-hybridized carbons (Fsp3) is 0.217. The molecule has 3 aromatic rings. The van der Waals surface area contributed by atoms with E-state index in [4.69, 9.17) is 24.7 Å². The van der Waals surface area contributed by atoms with E-state index < -0.39 is 5.92 Å². The van der Waals surface area contributed by atoms with Crippen LogP contribution in [-0.2, 0) is 0 Å². The van der Waals surface area contributed by atoms with Gasteiger partial charge in [-0.3, -0.25) is 5.10 Å². The number of allylic oxidation sites excluding steroid dienone is 1. The number of aromatic nitrogens is 2. The smallest absolute Gasteiger partial charge is 0.244 e. The number of nitriles is 1. The fourth-order valence-electron chi connectivity index (χ4n) is 3.73. The van der Waals surface area contributed by atoms with Crippen molar-refractivity contribution in [1.82, 2.24) is 10.2 Å². The molecule has 4 rings (SSSR count). The number of nitrogens with zero attached hydrogens (tertiary/aromatic N) is 2. The second-order valence-corrected chi connectivity index (χ2v) is 6.81. The molecule has 2 aromatic carbocycles. The van der Waals surface area contributed by atoms with Gasteiger partial charge < -0.3 is 24.7 Å². The SMILES string of the molecule is CCOc1ccc(-c2[nH]nc3c2[C@@H](c2cc(OC)ccc2OC)C(C#N)=C(N)O3)cc1. The van der Waals surface area contributed by atoms with Crippen LogP contribution in [0.15, 0.2) is 53.9 Å². The zero-order valence-corrected chi connectivity index (χ0v) is 17.4. The molecule has 1 aliphatic heterocycles. The van der Waals surface area contributed by atoms with E-state index in [0.29, 0.717) is 35.2 Å². The predicted octanol–water partition coefficient (Wildman–Crippen LogP) is 3.71. The lowest BCUT2D eigenvalue weighted by Crippen LogP contribution is -2.21. The van der Waals surface area contributed by atoms with Gasteiger partial charge in [0.05, 0.1) is 38.0 Å². The minimum absolute atomic E-state index is 0.00890. The molecular formula is C23H22N4O4. The van der Waals surface area contributed by atoms with Gasteiger partial charge in [0.2, 0.25) is 11.8 Å².